The Morgan fingerprint density at radius 1 is 1.00 bits per heavy atom. The molecular weight excluding hydrogens is 346 g/mol. The van der Waals surface area contributed by atoms with Crippen LogP contribution in [0.2, 0.25) is 0 Å². The number of benzene rings is 2. The molecule has 26 heavy (non-hydrogen) atoms. The maximum Gasteiger partial charge on any atom is 0.284 e. The zero-order valence-corrected chi connectivity index (χ0v) is 15.5. The number of rotatable bonds is 4. The maximum atomic E-state index is 12.8. The third-order valence-electron chi connectivity index (χ3n) is 4.42. The summed E-state index contributed by atoms with van der Waals surface area (Å²) in [6.45, 7) is 3.95. The first-order valence-electron chi connectivity index (χ1n) is 8.48. The van der Waals surface area contributed by atoms with E-state index in [1.54, 1.807) is 24.3 Å². The molecule has 132 valence electrons. The zero-order valence-electron chi connectivity index (χ0n) is 14.7. The Labute approximate surface area is 153 Å². The second-order valence-electron chi connectivity index (χ2n) is 6.69. The molecule has 0 bridgehead atoms. The van der Waals surface area contributed by atoms with Crippen LogP contribution in [0.3, 0.4) is 0 Å². The first-order valence-corrected chi connectivity index (χ1v) is 9.92. The minimum Gasteiger partial charge on any atom is -0.199 e. The molecular formula is C20H19N3O2S. The zero-order chi connectivity index (χ0) is 18.3. The van der Waals surface area contributed by atoms with E-state index >= 15 is 0 Å². The molecule has 1 aliphatic rings. The Morgan fingerprint density at radius 3 is 2.38 bits per heavy atom. The van der Waals surface area contributed by atoms with Gasteiger partial charge in [0.1, 0.15) is 5.69 Å². The molecule has 1 aliphatic carbocycles. The summed E-state index contributed by atoms with van der Waals surface area (Å²) in [5.41, 5.74) is 6.05. The smallest absolute Gasteiger partial charge is 0.199 e. The molecule has 0 spiro atoms. The van der Waals surface area contributed by atoms with Gasteiger partial charge in [-0.25, -0.2) is 0 Å². The summed E-state index contributed by atoms with van der Waals surface area (Å²) in [5, 5.41) is 8.00. The number of nitrogens with zero attached hydrogens (tertiary/aromatic N) is 3. The highest BCUT2D eigenvalue weighted by Crippen LogP contribution is 2.33. The minimum atomic E-state index is -3.75. The Bertz CT molecular complexity index is 1100. The molecule has 0 saturated heterocycles. The minimum absolute atomic E-state index is 0.198. The monoisotopic (exact) mass is 365 g/mol. The van der Waals surface area contributed by atoms with Gasteiger partial charge in [-0.15, -0.1) is 9.19 Å². The van der Waals surface area contributed by atoms with Gasteiger partial charge in [-0.05, 0) is 44.4 Å². The molecule has 2 aromatic carbocycles. The Hall–Kier alpha value is -2.73. The lowest BCUT2D eigenvalue weighted by Gasteiger charge is -2.05. The van der Waals surface area contributed by atoms with Crippen LogP contribution < -0.4 is 0 Å². The molecule has 0 unspecified atom stereocenters. The summed E-state index contributed by atoms with van der Waals surface area (Å²) in [5.74, 6) is 0. The van der Waals surface area contributed by atoms with Gasteiger partial charge in [0.2, 0.25) is 0 Å². The quantitative estimate of drug-likeness (QED) is 0.701. The molecule has 3 aromatic rings. The molecule has 0 atom stereocenters. The number of hydrogen-bond donors (Lipinski definition) is 0. The lowest BCUT2D eigenvalue weighted by Crippen LogP contribution is -2.13. The topological polar surface area (TPSA) is 64.8 Å². The molecule has 1 aromatic heterocycles. The van der Waals surface area contributed by atoms with Crippen molar-refractivity contribution < 1.29 is 8.42 Å². The average molecular weight is 365 g/mol. The predicted octanol–water partition coefficient (Wildman–Crippen LogP) is 3.98. The molecule has 5 nitrogen and oxygen atoms in total. The normalized spacial score (nSPS) is 13.7. The van der Waals surface area contributed by atoms with Gasteiger partial charge in [0.25, 0.3) is 10.0 Å². The molecule has 0 radical (unpaired) electrons. The molecule has 1 saturated carbocycles. The highest BCUT2D eigenvalue weighted by atomic mass is 32.2. The Balaban J connectivity index is 1.75. The number of aryl methyl sites for hydroxylation is 2. The highest BCUT2D eigenvalue weighted by Gasteiger charge is 2.20. The van der Waals surface area contributed by atoms with E-state index in [1.165, 1.54) is 11.8 Å². The summed E-state index contributed by atoms with van der Waals surface area (Å²) in [6, 6.07) is 12.8. The summed E-state index contributed by atoms with van der Waals surface area (Å²) >= 11 is 0. The summed E-state index contributed by atoms with van der Waals surface area (Å²) in [6.07, 6.45) is 5.90. The van der Waals surface area contributed by atoms with Crippen molar-refractivity contribution in [3.05, 3.63) is 70.9 Å². The third-order valence-corrected chi connectivity index (χ3v) is 5.96. The van der Waals surface area contributed by atoms with E-state index in [9.17, 15) is 8.42 Å². The van der Waals surface area contributed by atoms with Gasteiger partial charge in [-0.2, -0.15) is 8.42 Å². The fraction of sp³-hybridized carbons (Fsp3) is 0.200. The molecule has 0 amide bonds. The molecule has 1 heterocycles. The molecule has 6 heteroatoms. The van der Waals surface area contributed by atoms with Crippen LogP contribution in [0.1, 0.15) is 29.5 Å². The second kappa shape index (κ2) is 6.21. The maximum absolute atomic E-state index is 12.8. The van der Waals surface area contributed by atoms with Crippen LogP contribution in [0.5, 0.6) is 0 Å². The van der Waals surface area contributed by atoms with Gasteiger partial charge < -0.3 is 0 Å². The Kier molecular flexibility index (Phi) is 4.00. The van der Waals surface area contributed by atoms with Crippen LogP contribution in [0.4, 0.5) is 0 Å². The van der Waals surface area contributed by atoms with Gasteiger partial charge in [-0.1, -0.05) is 58.3 Å². The van der Waals surface area contributed by atoms with Crippen molar-refractivity contribution >= 4 is 16.1 Å². The van der Waals surface area contributed by atoms with Crippen LogP contribution in [0.15, 0.2) is 59.1 Å². The van der Waals surface area contributed by atoms with E-state index in [1.807, 2.05) is 26.0 Å². The SMILES string of the molecule is Cc1ccc(S(=O)(=O)n2cc(-c3ccc(C)cc3C=C3CC3)nn2)cc1. The van der Waals surface area contributed by atoms with Crippen molar-refractivity contribution in [3.8, 4) is 11.3 Å². The van der Waals surface area contributed by atoms with Crippen LogP contribution in [0.25, 0.3) is 17.3 Å². The molecule has 0 N–H and O–H groups in total. The number of aromatic nitrogens is 3. The highest BCUT2D eigenvalue weighted by molar-refractivity contribution is 7.89. The predicted molar refractivity (Wildman–Crippen MR) is 101 cm³/mol. The lowest BCUT2D eigenvalue weighted by molar-refractivity contribution is 0.577. The molecule has 0 aliphatic heterocycles. The van der Waals surface area contributed by atoms with E-state index in [0.29, 0.717) is 5.69 Å². The first kappa shape index (κ1) is 16.7. The van der Waals surface area contributed by atoms with E-state index in [-0.39, 0.29) is 4.90 Å². The van der Waals surface area contributed by atoms with Crippen molar-refractivity contribution in [2.75, 3.05) is 0 Å². The second-order valence-corrected chi connectivity index (χ2v) is 8.48. The van der Waals surface area contributed by atoms with Crippen LogP contribution in [-0.4, -0.2) is 22.8 Å². The van der Waals surface area contributed by atoms with Crippen molar-refractivity contribution in [1.82, 2.24) is 14.4 Å². The van der Waals surface area contributed by atoms with Gasteiger partial charge in [0.05, 0.1) is 11.1 Å². The van der Waals surface area contributed by atoms with Crippen LogP contribution in [0, 0.1) is 13.8 Å². The van der Waals surface area contributed by atoms with Crippen molar-refractivity contribution in [3.63, 3.8) is 0 Å². The summed E-state index contributed by atoms with van der Waals surface area (Å²) in [7, 11) is -3.75. The fourth-order valence-corrected chi connectivity index (χ4v) is 3.85. The first-order chi connectivity index (χ1) is 12.4. The van der Waals surface area contributed by atoms with E-state index in [2.05, 4.69) is 22.5 Å². The Morgan fingerprint density at radius 2 is 1.69 bits per heavy atom. The number of hydrogen-bond acceptors (Lipinski definition) is 4. The van der Waals surface area contributed by atoms with Crippen LogP contribution in [-0.2, 0) is 10.0 Å². The molecule has 1 fully saturated rings. The van der Waals surface area contributed by atoms with Gasteiger partial charge in [0, 0.05) is 5.56 Å². The standard InChI is InChI=1S/C20H19N3O2S/c1-14-3-8-18(9-4-14)26(24,25)23-13-20(21-22-23)19-10-5-15(2)11-17(19)12-16-6-7-16/h3-5,8-13H,6-7H2,1-2H3. The van der Waals surface area contributed by atoms with E-state index in [0.717, 1.165) is 39.2 Å². The largest absolute Gasteiger partial charge is 0.284 e. The lowest BCUT2D eigenvalue weighted by atomic mass is 10.0. The van der Waals surface area contributed by atoms with Crippen molar-refractivity contribution in [2.45, 2.75) is 31.6 Å². The van der Waals surface area contributed by atoms with E-state index in [4.69, 9.17) is 0 Å². The van der Waals surface area contributed by atoms with E-state index < -0.39 is 10.0 Å². The summed E-state index contributed by atoms with van der Waals surface area (Å²) in [4.78, 5) is 0.198. The van der Waals surface area contributed by atoms with Gasteiger partial charge in [-0.3, -0.25) is 0 Å². The third kappa shape index (κ3) is 3.20. The summed E-state index contributed by atoms with van der Waals surface area (Å²) < 4.78 is 26.5. The fourth-order valence-electron chi connectivity index (χ4n) is 2.78. The number of allylic oxidation sites excluding steroid dienone is 1. The van der Waals surface area contributed by atoms with Crippen molar-refractivity contribution in [1.29, 1.82) is 0 Å². The van der Waals surface area contributed by atoms with Gasteiger partial charge >= 0.3 is 0 Å². The van der Waals surface area contributed by atoms with Gasteiger partial charge in [0.15, 0.2) is 0 Å². The van der Waals surface area contributed by atoms with Crippen LogP contribution >= 0.6 is 0 Å². The average Bonchev–Trinajstić information content (AvgIpc) is 3.27. The molecule has 4 rings (SSSR count). The van der Waals surface area contributed by atoms with Crippen molar-refractivity contribution in [2.24, 2.45) is 0 Å².